The fourth-order valence-corrected chi connectivity index (χ4v) is 8.99. The highest BCUT2D eigenvalue weighted by Gasteiger charge is 2.88. The molecule has 1 saturated carbocycles. The van der Waals surface area contributed by atoms with E-state index in [0.717, 1.165) is 5.56 Å². The van der Waals surface area contributed by atoms with Crippen molar-refractivity contribution in [2.24, 2.45) is 22.7 Å². The van der Waals surface area contributed by atoms with Crippen LogP contribution in [0.2, 0.25) is 0 Å². The van der Waals surface area contributed by atoms with Crippen LogP contribution in [0.25, 0.3) is 0 Å². The van der Waals surface area contributed by atoms with Crippen molar-refractivity contribution in [2.75, 3.05) is 0 Å². The van der Waals surface area contributed by atoms with Gasteiger partial charge in [0, 0.05) is 47.5 Å². The molecule has 192 valence electrons. The first kappa shape index (κ1) is 22.9. The highest BCUT2D eigenvalue weighted by atomic mass is 16.8. The highest BCUT2D eigenvalue weighted by molar-refractivity contribution is 5.40. The van der Waals surface area contributed by atoms with E-state index < -0.39 is 57.7 Å². The molecule has 5 bridgehead atoms. The Bertz CT molecular complexity index is 1130. The molecule has 2 aliphatic carbocycles. The average Bonchev–Trinajstić information content (AvgIpc) is 3.31. The topological polar surface area (TPSA) is 111 Å². The molecule has 35 heavy (non-hydrogen) atoms. The Morgan fingerprint density at radius 2 is 1.74 bits per heavy atom. The molecular weight excluding hydrogens is 452 g/mol. The van der Waals surface area contributed by atoms with Crippen molar-refractivity contribution >= 4 is 0 Å². The lowest BCUT2D eigenvalue weighted by Crippen LogP contribution is -2.75. The van der Waals surface area contributed by atoms with Gasteiger partial charge in [-0.2, -0.15) is 0 Å². The van der Waals surface area contributed by atoms with E-state index in [1.54, 1.807) is 19.5 Å². The molecule has 0 amide bonds. The van der Waals surface area contributed by atoms with Gasteiger partial charge in [-0.1, -0.05) is 40.7 Å². The molecule has 0 aromatic carbocycles. The molecule has 5 fully saturated rings. The monoisotopic (exact) mass is 488 g/mol. The maximum atomic E-state index is 12.6. The van der Waals surface area contributed by atoms with Crippen LogP contribution in [0.1, 0.15) is 72.5 Å². The number of ether oxygens (including phenoxy) is 4. The summed E-state index contributed by atoms with van der Waals surface area (Å²) in [5, 5.41) is 36.8. The fourth-order valence-electron chi connectivity index (χ4n) is 8.99. The third-order valence-electron chi connectivity index (χ3n) is 10.3. The number of furan rings is 1. The maximum absolute atomic E-state index is 12.6. The first-order valence-corrected chi connectivity index (χ1v) is 12.8. The predicted octanol–water partition coefficient (Wildman–Crippen LogP) is 3.17. The van der Waals surface area contributed by atoms with Crippen molar-refractivity contribution in [3.63, 3.8) is 0 Å². The number of rotatable bonds is 2. The van der Waals surface area contributed by atoms with Crippen LogP contribution in [-0.4, -0.2) is 56.1 Å². The largest absolute Gasteiger partial charge is 0.472 e. The van der Waals surface area contributed by atoms with E-state index in [1.165, 1.54) is 0 Å². The van der Waals surface area contributed by atoms with Crippen molar-refractivity contribution in [2.45, 2.75) is 108 Å². The van der Waals surface area contributed by atoms with Crippen molar-refractivity contribution in [1.29, 1.82) is 0 Å². The average molecular weight is 489 g/mol. The van der Waals surface area contributed by atoms with Gasteiger partial charge in [-0.3, -0.25) is 0 Å². The normalized spacial score (nSPS) is 57.3. The van der Waals surface area contributed by atoms with Crippen LogP contribution in [0.15, 0.2) is 34.7 Å². The number of fused-ring (bicyclic) bond motifs is 2. The molecule has 6 aliphatic rings. The zero-order valence-corrected chi connectivity index (χ0v) is 21.2. The summed E-state index contributed by atoms with van der Waals surface area (Å²) in [6, 6.07) is 1.88. The molecule has 1 aromatic rings. The van der Waals surface area contributed by atoms with Gasteiger partial charge in [-0.25, -0.2) is 0 Å². The summed E-state index contributed by atoms with van der Waals surface area (Å²) >= 11 is 0. The molecule has 5 heterocycles. The van der Waals surface area contributed by atoms with E-state index in [9.17, 15) is 15.3 Å². The van der Waals surface area contributed by atoms with Crippen molar-refractivity contribution in [3.05, 3.63) is 35.8 Å². The molecule has 1 spiro atoms. The van der Waals surface area contributed by atoms with Crippen molar-refractivity contribution in [3.8, 4) is 0 Å². The predicted molar refractivity (Wildman–Crippen MR) is 122 cm³/mol. The molecule has 0 unspecified atom stereocenters. The molecular formula is C27H36O8. The van der Waals surface area contributed by atoms with Gasteiger partial charge in [0.25, 0.3) is 0 Å². The summed E-state index contributed by atoms with van der Waals surface area (Å²) in [4.78, 5) is 0. The molecule has 7 rings (SSSR count). The first-order valence-electron chi connectivity index (χ1n) is 12.8. The lowest BCUT2D eigenvalue weighted by molar-refractivity contribution is -0.443. The van der Waals surface area contributed by atoms with Crippen LogP contribution in [0.5, 0.6) is 0 Å². The summed E-state index contributed by atoms with van der Waals surface area (Å²) in [7, 11) is 0. The molecule has 3 N–H and O–H groups in total. The van der Waals surface area contributed by atoms with Gasteiger partial charge in [0.15, 0.2) is 17.2 Å². The Labute approximate surface area is 205 Å². The SMILES string of the molecule is CC1=CC(C)(C)[C@H]2O[C@@]3(O)C[C@]4(C)[C@H]5C[C@@](C(C)C)(O[C@H]4c4ccoc4)O[C@H]4[C@]5(C3)O[C@@]1(O)[C@]24O. The number of hydrogen-bond acceptors (Lipinski definition) is 8. The summed E-state index contributed by atoms with van der Waals surface area (Å²) < 4.78 is 32.5. The molecule has 0 radical (unpaired) electrons. The quantitative estimate of drug-likeness (QED) is 0.545. The summed E-state index contributed by atoms with van der Waals surface area (Å²) in [5.41, 5.74) is -3.12. The molecule has 10 atom stereocenters. The highest BCUT2D eigenvalue weighted by Crippen LogP contribution is 2.76. The summed E-state index contributed by atoms with van der Waals surface area (Å²) in [6.45, 7) is 11.9. The second-order valence-corrected chi connectivity index (χ2v) is 13.3. The number of hydrogen-bond donors (Lipinski definition) is 3. The van der Waals surface area contributed by atoms with Gasteiger partial charge in [-0.05, 0) is 18.6 Å². The lowest BCUT2D eigenvalue weighted by Gasteiger charge is -2.68. The van der Waals surface area contributed by atoms with E-state index in [0.29, 0.717) is 12.0 Å². The van der Waals surface area contributed by atoms with E-state index >= 15 is 0 Å². The van der Waals surface area contributed by atoms with E-state index in [1.807, 2.05) is 26.0 Å². The Morgan fingerprint density at radius 3 is 2.40 bits per heavy atom. The van der Waals surface area contributed by atoms with Gasteiger partial charge in [-0.15, -0.1) is 0 Å². The second-order valence-electron chi connectivity index (χ2n) is 13.3. The fraction of sp³-hybridized carbons (Fsp3) is 0.778. The molecule has 4 saturated heterocycles. The van der Waals surface area contributed by atoms with Crippen LogP contribution >= 0.6 is 0 Å². The Kier molecular flexibility index (Phi) is 3.97. The zero-order valence-electron chi connectivity index (χ0n) is 21.2. The zero-order chi connectivity index (χ0) is 25.0. The molecule has 8 nitrogen and oxygen atoms in total. The Morgan fingerprint density at radius 1 is 1.00 bits per heavy atom. The van der Waals surface area contributed by atoms with Crippen molar-refractivity contribution in [1.82, 2.24) is 0 Å². The van der Waals surface area contributed by atoms with E-state index in [-0.39, 0.29) is 24.7 Å². The van der Waals surface area contributed by atoms with Crippen molar-refractivity contribution < 1.29 is 38.7 Å². The Balaban J connectivity index is 1.54. The van der Waals surface area contributed by atoms with Crippen LogP contribution in [0, 0.1) is 22.7 Å². The minimum absolute atomic E-state index is 0.0501. The third-order valence-corrected chi connectivity index (χ3v) is 10.3. The summed E-state index contributed by atoms with van der Waals surface area (Å²) in [5.74, 6) is -4.89. The van der Waals surface area contributed by atoms with Gasteiger partial charge >= 0.3 is 0 Å². The lowest BCUT2D eigenvalue weighted by atomic mass is 9.49. The van der Waals surface area contributed by atoms with Crippen LogP contribution < -0.4 is 0 Å². The maximum Gasteiger partial charge on any atom is 0.223 e. The standard InChI is InChI=1S/C27H36O8/c1-14(2)25-10-17-22(6,18(32-25)16-7-8-31-11-16)12-23(28)13-24(17)20(34-25)26(29)19(33-23)21(4,5)9-15(3)27(26,30)35-24/h7-9,11,14,17-20,28-30H,10,12-13H2,1-6H3/t17-,18+,19-,20+,22-,23+,24-,25-,26+,27-/m1/s1. The first-order chi connectivity index (χ1) is 16.2. The van der Waals surface area contributed by atoms with E-state index in [2.05, 4.69) is 20.8 Å². The minimum atomic E-state index is -2.02. The van der Waals surface area contributed by atoms with Gasteiger partial charge < -0.3 is 38.7 Å². The van der Waals surface area contributed by atoms with Crippen LogP contribution in [-0.2, 0) is 18.9 Å². The number of aliphatic hydroxyl groups is 3. The minimum Gasteiger partial charge on any atom is -0.472 e. The summed E-state index contributed by atoms with van der Waals surface area (Å²) in [6.07, 6.45) is 3.68. The van der Waals surface area contributed by atoms with E-state index in [4.69, 9.17) is 23.4 Å². The molecule has 8 heteroatoms. The van der Waals surface area contributed by atoms with Crippen LogP contribution in [0.3, 0.4) is 0 Å². The van der Waals surface area contributed by atoms with Crippen LogP contribution in [0.4, 0.5) is 0 Å². The smallest absolute Gasteiger partial charge is 0.223 e. The molecule has 1 aromatic heterocycles. The molecule has 4 aliphatic heterocycles. The van der Waals surface area contributed by atoms with Gasteiger partial charge in [0.2, 0.25) is 5.79 Å². The van der Waals surface area contributed by atoms with Gasteiger partial charge in [0.1, 0.15) is 17.8 Å². The third kappa shape index (κ3) is 2.31. The second kappa shape index (κ2) is 6.07. The van der Waals surface area contributed by atoms with Gasteiger partial charge in [0.05, 0.1) is 18.6 Å². The Hall–Kier alpha value is -1.26.